The number of aromatic nitrogens is 2. The Morgan fingerprint density at radius 3 is 1.56 bits per heavy atom. The number of esters is 2. The Labute approximate surface area is 366 Å². The van der Waals surface area contributed by atoms with Crippen molar-refractivity contribution in [3.05, 3.63) is 121 Å². The molecule has 0 aromatic carbocycles. The summed E-state index contributed by atoms with van der Waals surface area (Å²) in [6.45, 7) is 25.8. The highest BCUT2D eigenvalue weighted by atomic mass is 28.4. The van der Waals surface area contributed by atoms with Crippen molar-refractivity contribution in [1.29, 1.82) is 0 Å². The maximum atomic E-state index is 13.8. The van der Waals surface area contributed by atoms with E-state index in [0.29, 0.717) is 48.3 Å². The molecule has 2 fully saturated rings. The van der Waals surface area contributed by atoms with Crippen LogP contribution >= 0.6 is 0 Å². The molecule has 2 aromatic rings. The van der Waals surface area contributed by atoms with Gasteiger partial charge in [-0.15, -0.1) is 0 Å². The van der Waals surface area contributed by atoms with Crippen LogP contribution in [0.2, 0.25) is 18.1 Å². The van der Waals surface area contributed by atoms with E-state index in [4.69, 9.17) is 22.7 Å². The van der Waals surface area contributed by atoms with E-state index >= 15 is 0 Å². The van der Waals surface area contributed by atoms with E-state index in [0.717, 1.165) is 12.8 Å². The molecule has 4 bridgehead atoms. The van der Waals surface area contributed by atoms with Gasteiger partial charge in [-0.25, -0.2) is 19.6 Å². The molecular weight excluding hydrogens is 781 g/mol. The summed E-state index contributed by atoms with van der Waals surface area (Å²) >= 11 is 0. The predicted octanol–water partition coefficient (Wildman–Crippen LogP) is 13.0. The summed E-state index contributed by atoms with van der Waals surface area (Å²) in [5, 5.41) is 0.000698. The highest BCUT2D eigenvalue weighted by molar-refractivity contribution is 6.74. The number of carbonyl (C=O) groups excluding carboxylic acids is 2. The fourth-order valence-corrected chi connectivity index (χ4v) is 8.59. The Morgan fingerprint density at radius 2 is 1.11 bits per heavy atom. The molecule has 9 nitrogen and oxygen atoms in total. The number of rotatable bonds is 8. The first-order valence-electron chi connectivity index (χ1n) is 22.1. The number of ether oxygens (including phenoxy) is 2. The van der Waals surface area contributed by atoms with Gasteiger partial charge < -0.3 is 22.7 Å². The van der Waals surface area contributed by atoms with Crippen LogP contribution in [-0.2, 0) is 13.9 Å². The van der Waals surface area contributed by atoms with Crippen LogP contribution in [0.4, 0.5) is 0 Å². The second-order valence-corrected chi connectivity index (χ2v) is 24.4. The second kappa shape index (κ2) is 20.1. The molecule has 8 atom stereocenters. The molecular formula is C51H70N2O7Si. The molecule has 0 N–H and O–H groups in total. The number of hydrogen-bond donors (Lipinski definition) is 0. The Morgan fingerprint density at radius 1 is 0.672 bits per heavy atom. The number of cyclic esters (lactones) is 2. The average molecular weight is 851 g/mol. The van der Waals surface area contributed by atoms with Crippen molar-refractivity contribution in [2.45, 2.75) is 131 Å². The van der Waals surface area contributed by atoms with Crippen LogP contribution in [0.15, 0.2) is 106 Å². The first-order chi connectivity index (χ1) is 28.8. The van der Waals surface area contributed by atoms with Gasteiger partial charge in [-0.3, -0.25) is 0 Å². The molecule has 2 aromatic heterocycles. The number of carbonyl (C=O) groups is 2. The van der Waals surface area contributed by atoms with Crippen LogP contribution in [0.5, 0.6) is 0 Å². The zero-order valence-electron chi connectivity index (χ0n) is 38.6. The van der Waals surface area contributed by atoms with Gasteiger partial charge in [0.1, 0.15) is 24.7 Å². The van der Waals surface area contributed by atoms with Gasteiger partial charge in [0.25, 0.3) is 0 Å². The SMILES string of the molecule is C/C=C/[C@H](O[Si](C)(C)C(C)(C)C)C(C)(C)[C@@H]1C/C=C\[C@H]2C[C@H]2/C=C/C=C\c2nc(co2)C(=O)O[C@H](C(C)(C)[C@@H](C)/C=C/C)C/C=C\[C@H]2C[C@H]2/C=C/C=C\c2nc(co2)C(=O)O1. The molecule has 2 saturated carbocycles. The summed E-state index contributed by atoms with van der Waals surface area (Å²) < 4.78 is 30.9. The van der Waals surface area contributed by atoms with E-state index in [-0.39, 0.29) is 40.0 Å². The Kier molecular flexibility index (Phi) is 15.7. The molecule has 2 aliphatic carbocycles. The lowest BCUT2D eigenvalue weighted by Crippen LogP contribution is -2.51. The largest absolute Gasteiger partial charge is 0.457 e. The maximum Gasteiger partial charge on any atom is 0.360 e. The van der Waals surface area contributed by atoms with Gasteiger partial charge in [-0.2, -0.15) is 0 Å². The van der Waals surface area contributed by atoms with Crippen molar-refractivity contribution in [3.63, 3.8) is 0 Å². The molecule has 10 heteroatoms. The summed E-state index contributed by atoms with van der Waals surface area (Å²) in [6.07, 6.45) is 37.3. The van der Waals surface area contributed by atoms with Crippen LogP contribution in [0.1, 0.15) is 128 Å². The Bertz CT molecular complexity index is 2050. The van der Waals surface area contributed by atoms with E-state index < -0.39 is 31.8 Å². The standard InChI is InChI=1S/C51H70N2O7Si/c1-13-21-35(3)50(7,8)42-27-19-25-38-31-36(38)23-15-18-30-46-53-41(34-57-46)48(55)59-43(51(9,10)44(22-14-2)60-61(11,12)49(4,5)6)28-20-26-39-32-37(39)24-16-17-29-45-52-40(33-56-45)47(54)58-42/h13-26,29-30,33-39,42-44H,27-28,31-32H2,1-12H3/b21-13+,22-14+,23-15+,24-16+,25-19-,26-20-,29-17-,30-18-/t35-,36+,37+,38-,39-,42-,43-,44-/m0/s1. The number of nitrogens with zero attached hydrogens (tertiary/aromatic N) is 2. The quantitative estimate of drug-likeness (QED) is 0.145. The highest BCUT2D eigenvalue weighted by Gasteiger charge is 2.46. The number of hydrogen-bond acceptors (Lipinski definition) is 9. The molecule has 61 heavy (non-hydrogen) atoms. The van der Waals surface area contributed by atoms with Crippen molar-refractivity contribution in [2.75, 3.05) is 0 Å². The summed E-state index contributed by atoms with van der Waals surface area (Å²) in [6, 6.07) is 0. The molecule has 0 unspecified atom stereocenters. The van der Waals surface area contributed by atoms with E-state index in [1.165, 1.54) is 12.5 Å². The first-order valence-corrected chi connectivity index (χ1v) is 25.0. The monoisotopic (exact) mass is 850 g/mol. The van der Waals surface area contributed by atoms with Crippen LogP contribution in [0, 0.1) is 40.4 Å². The van der Waals surface area contributed by atoms with E-state index in [2.05, 4.69) is 127 Å². The number of oxazole rings is 2. The predicted molar refractivity (Wildman–Crippen MR) is 247 cm³/mol. The summed E-state index contributed by atoms with van der Waals surface area (Å²) in [5.74, 6) is 1.35. The van der Waals surface area contributed by atoms with Gasteiger partial charge >= 0.3 is 11.9 Å². The minimum Gasteiger partial charge on any atom is -0.457 e. The number of fused-ring (bicyclic) bond motifs is 6. The van der Waals surface area contributed by atoms with Crippen LogP contribution < -0.4 is 0 Å². The van der Waals surface area contributed by atoms with Crippen molar-refractivity contribution < 1.29 is 32.3 Å². The van der Waals surface area contributed by atoms with Gasteiger partial charge in [0.05, 0.1) is 6.10 Å². The summed E-state index contributed by atoms with van der Waals surface area (Å²) in [5.41, 5.74) is -0.644. The lowest BCUT2D eigenvalue weighted by Gasteiger charge is -2.45. The second-order valence-electron chi connectivity index (χ2n) is 19.7. The van der Waals surface area contributed by atoms with Gasteiger partial charge in [0, 0.05) is 35.8 Å². The molecule has 3 heterocycles. The number of allylic oxidation sites excluding steroid dienone is 11. The fraction of sp³-hybridized carbons (Fsp3) is 0.529. The van der Waals surface area contributed by atoms with Crippen molar-refractivity contribution in [3.8, 4) is 0 Å². The Balaban J connectivity index is 1.38. The fourth-order valence-electron chi connectivity index (χ4n) is 7.22. The minimum absolute atomic E-state index is 0.000698. The molecule has 0 saturated heterocycles. The Hall–Kier alpha value is -4.54. The van der Waals surface area contributed by atoms with Gasteiger partial charge in [-0.1, -0.05) is 140 Å². The van der Waals surface area contributed by atoms with E-state index in [1.807, 2.05) is 50.3 Å². The van der Waals surface area contributed by atoms with Gasteiger partial charge in [0.15, 0.2) is 19.7 Å². The molecule has 3 aliphatic rings. The molecule has 0 radical (unpaired) electrons. The normalized spacial score (nSPS) is 29.0. The van der Waals surface area contributed by atoms with Gasteiger partial charge in [0.2, 0.25) is 11.8 Å². The van der Waals surface area contributed by atoms with Crippen LogP contribution in [0.3, 0.4) is 0 Å². The third-order valence-electron chi connectivity index (χ3n) is 13.3. The van der Waals surface area contributed by atoms with Crippen LogP contribution in [0.25, 0.3) is 12.2 Å². The lowest BCUT2D eigenvalue weighted by atomic mass is 9.74. The zero-order chi connectivity index (χ0) is 44.6. The van der Waals surface area contributed by atoms with Gasteiger partial charge in [-0.05, 0) is 74.4 Å². The van der Waals surface area contributed by atoms with Crippen LogP contribution in [-0.4, -0.2) is 48.5 Å². The summed E-state index contributed by atoms with van der Waals surface area (Å²) in [4.78, 5) is 36.1. The summed E-state index contributed by atoms with van der Waals surface area (Å²) in [7, 11) is -2.19. The zero-order valence-corrected chi connectivity index (χ0v) is 39.6. The molecule has 0 amide bonds. The minimum atomic E-state index is -2.19. The third kappa shape index (κ3) is 12.8. The molecule has 0 spiro atoms. The van der Waals surface area contributed by atoms with E-state index in [9.17, 15) is 9.59 Å². The van der Waals surface area contributed by atoms with E-state index in [1.54, 1.807) is 12.2 Å². The smallest absolute Gasteiger partial charge is 0.360 e. The topological polar surface area (TPSA) is 114 Å². The lowest BCUT2D eigenvalue weighted by molar-refractivity contribution is -0.0420. The molecule has 5 rings (SSSR count). The van der Waals surface area contributed by atoms with Crippen molar-refractivity contribution in [2.24, 2.45) is 40.4 Å². The molecule has 1 aliphatic heterocycles. The van der Waals surface area contributed by atoms with Crippen molar-refractivity contribution in [1.82, 2.24) is 9.97 Å². The van der Waals surface area contributed by atoms with Crippen molar-refractivity contribution >= 4 is 32.4 Å². The maximum absolute atomic E-state index is 13.8. The third-order valence-corrected chi connectivity index (χ3v) is 17.7. The highest BCUT2D eigenvalue weighted by Crippen LogP contribution is 2.44. The molecule has 330 valence electrons. The average Bonchev–Trinajstić information content (AvgIpc) is 3.98. The first kappa shape index (κ1) is 47.5.